The number of ether oxygens (including phenoxy) is 1. The number of rotatable bonds is 3. The second-order valence-electron chi connectivity index (χ2n) is 2.52. The van der Waals surface area contributed by atoms with Crippen LogP contribution in [-0.2, 0) is 4.74 Å². The smallest absolute Gasteiger partial charge is 0.407 e. The molecule has 4 nitrogen and oxygen atoms in total. The zero-order chi connectivity index (χ0) is 8.85. The molecule has 0 fully saturated rings. The number of hydrogen-bond donors (Lipinski definition) is 2. The van der Waals surface area contributed by atoms with E-state index in [1.807, 2.05) is 6.92 Å². The molecule has 11 heavy (non-hydrogen) atoms. The Hall–Kier alpha value is -0.770. The summed E-state index contributed by atoms with van der Waals surface area (Å²) in [6.45, 7) is 3.59. The van der Waals surface area contributed by atoms with Crippen molar-refractivity contribution in [1.29, 1.82) is 0 Å². The van der Waals surface area contributed by atoms with Crippen molar-refractivity contribution in [3.63, 3.8) is 0 Å². The first kappa shape index (κ1) is 10.2. The topological polar surface area (TPSA) is 58.6 Å². The third kappa shape index (κ3) is 3.83. The Kier molecular flexibility index (Phi) is 4.61. The molecule has 4 heteroatoms. The molecular formula is C7H15NO3. The summed E-state index contributed by atoms with van der Waals surface area (Å²) in [5.74, 6) is -0.0210. The van der Waals surface area contributed by atoms with E-state index in [1.54, 1.807) is 6.92 Å². The molecule has 1 amide bonds. The van der Waals surface area contributed by atoms with Crippen LogP contribution in [0.3, 0.4) is 0 Å². The average molecular weight is 161 g/mol. The predicted molar refractivity (Wildman–Crippen MR) is 41.3 cm³/mol. The van der Waals surface area contributed by atoms with Crippen LogP contribution in [0.2, 0.25) is 0 Å². The summed E-state index contributed by atoms with van der Waals surface area (Å²) < 4.78 is 4.84. The van der Waals surface area contributed by atoms with Gasteiger partial charge in [0.1, 0.15) is 6.10 Å². The monoisotopic (exact) mass is 161 g/mol. The SMILES string of the molecule is CNC(=O)OC(C)C(C)CO. The van der Waals surface area contributed by atoms with Crippen LogP contribution < -0.4 is 5.32 Å². The maximum atomic E-state index is 10.6. The van der Waals surface area contributed by atoms with Crippen molar-refractivity contribution in [2.24, 2.45) is 5.92 Å². The van der Waals surface area contributed by atoms with Gasteiger partial charge in [0.25, 0.3) is 0 Å². The molecule has 0 saturated carbocycles. The van der Waals surface area contributed by atoms with Crippen molar-refractivity contribution >= 4 is 6.09 Å². The normalized spacial score (nSPS) is 15.3. The second-order valence-corrected chi connectivity index (χ2v) is 2.52. The number of carbonyl (C=O) groups is 1. The first-order valence-corrected chi connectivity index (χ1v) is 3.61. The number of hydrogen-bond acceptors (Lipinski definition) is 3. The van der Waals surface area contributed by atoms with Gasteiger partial charge >= 0.3 is 6.09 Å². The molecule has 0 rings (SSSR count). The molecule has 0 bridgehead atoms. The molecule has 0 spiro atoms. The molecule has 2 unspecified atom stereocenters. The van der Waals surface area contributed by atoms with Crippen molar-refractivity contribution in [3.8, 4) is 0 Å². The standard InChI is InChI=1S/C7H15NO3/c1-5(4-9)6(2)11-7(10)8-3/h5-6,9H,4H2,1-3H3,(H,8,10). The minimum atomic E-state index is -0.460. The van der Waals surface area contributed by atoms with E-state index in [1.165, 1.54) is 7.05 Å². The fraction of sp³-hybridized carbons (Fsp3) is 0.857. The van der Waals surface area contributed by atoms with Gasteiger partial charge in [-0.05, 0) is 6.92 Å². The van der Waals surface area contributed by atoms with E-state index in [9.17, 15) is 4.79 Å². The van der Waals surface area contributed by atoms with Gasteiger partial charge in [-0.1, -0.05) is 6.92 Å². The molecule has 0 heterocycles. The first-order chi connectivity index (χ1) is 5.11. The lowest BCUT2D eigenvalue weighted by Gasteiger charge is -2.17. The number of alkyl carbamates (subject to hydrolysis) is 1. The fourth-order valence-electron chi connectivity index (χ4n) is 0.492. The molecule has 0 saturated heterocycles. The van der Waals surface area contributed by atoms with E-state index in [-0.39, 0.29) is 18.6 Å². The van der Waals surface area contributed by atoms with Crippen molar-refractivity contribution < 1.29 is 14.6 Å². The summed E-state index contributed by atoms with van der Waals surface area (Å²) in [6, 6.07) is 0. The molecule has 0 aliphatic rings. The number of aliphatic hydroxyl groups is 1. The second kappa shape index (κ2) is 4.96. The average Bonchev–Trinajstić information content (AvgIpc) is 2.02. The molecule has 66 valence electrons. The Morgan fingerprint density at radius 3 is 2.55 bits per heavy atom. The maximum absolute atomic E-state index is 10.6. The third-order valence-corrected chi connectivity index (χ3v) is 1.59. The molecule has 0 aromatic carbocycles. The first-order valence-electron chi connectivity index (χ1n) is 3.61. The van der Waals surface area contributed by atoms with Crippen LogP contribution in [0.5, 0.6) is 0 Å². The number of amides is 1. The highest BCUT2D eigenvalue weighted by molar-refractivity contribution is 5.66. The van der Waals surface area contributed by atoms with E-state index in [0.29, 0.717) is 0 Å². The van der Waals surface area contributed by atoms with Gasteiger partial charge < -0.3 is 15.2 Å². The highest BCUT2D eigenvalue weighted by atomic mass is 16.6. The largest absolute Gasteiger partial charge is 0.446 e. The van der Waals surface area contributed by atoms with Crippen molar-refractivity contribution in [2.75, 3.05) is 13.7 Å². The Bertz CT molecular complexity index is 127. The molecule has 0 aromatic rings. The van der Waals surface area contributed by atoms with Crippen molar-refractivity contribution in [1.82, 2.24) is 5.32 Å². The minimum absolute atomic E-state index is 0.0210. The lowest BCUT2D eigenvalue weighted by atomic mass is 10.1. The van der Waals surface area contributed by atoms with E-state index in [0.717, 1.165) is 0 Å². The quantitative estimate of drug-likeness (QED) is 0.628. The summed E-state index contributed by atoms with van der Waals surface area (Å²) in [4.78, 5) is 10.6. The van der Waals surface area contributed by atoms with Gasteiger partial charge in [-0.25, -0.2) is 4.79 Å². The lowest BCUT2D eigenvalue weighted by Crippen LogP contribution is -2.29. The zero-order valence-electron chi connectivity index (χ0n) is 7.13. The van der Waals surface area contributed by atoms with E-state index < -0.39 is 6.09 Å². The summed E-state index contributed by atoms with van der Waals surface area (Å²) in [6.07, 6.45) is -0.710. The van der Waals surface area contributed by atoms with Crippen LogP contribution in [0.1, 0.15) is 13.8 Å². The Labute approximate surface area is 66.5 Å². The summed E-state index contributed by atoms with van der Waals surface area (Å²) in [5, 5.41) is 11.0. The Morgan fingerprint density at radius 2 is 2.18 bits per heavy atom. The fourth-order valence-corrected chi connectivity index (χ4v) is 0.492. The van der Waals surface area contributed by atoms with Gasteiger partial charge in [-0.2, -0.15) is 0 Å². The van der Waals surface area contributed by atoms with E-state index >= 15 is 0 Å². The Balaban J connectivity index is 3.67. The van der Waals surface area contributed by atoms with Gasteiger partial charge in [-0.3, -0.25) is 0 Å². The van der Waals surface area contributed by atoms with Crippen molar-refractivity contribution in [3.05, 3.63) is 0 Å². The number of carbonyl (C=O) groups excluding carboxylic acids is 1. The van der Waals surface area contributed by atoms with Gasteiger partial charge in [0, 0.05) is 19.6 Å². The van der Waals surface area contributed by atoms with Crippen LogP contribution in [0.4, 0.5) is 4.79 Å². The molecular weight excluding hydrogens is 146 g/mol. The van der Waals surface area contributed by atoms with Crippen LogP contribution >= 0.6 is 0 Å². The van der Waals surface area contributed by atoms with Gasteiger partial charge in [0.2, 0.25) is 0 Å². The minimum Gasteiger partial charge on any atom is -0.446 e. The summed E-state index contributed by atoms with van der Waals surface area (Å²) in [7, 11) is 1.50. The van der Waals surface area contributed by atoms with Gasteiger partial charge in [0.05, 0.1) is 0 Å². The maximum Gasteiger partial charge on any atom is 0.407 e. The molecule has 2 atom stereocenters. The van der Waals surface area contributed by atoms with Gasteiger partial charge in [0.15, 0.2) is 0 Å². The molecule has 2 N–H and O–H groups in total. The summed E-state index contributed by atoms with van der Waals surface area (Å²) >= 11 is 0. The number of aliphatic hydroxyl groups excluding tert-OH is 1. The van der Waals surface area contributed by atoms with Crippen LogP contribution in [0, 0.1) is 5.92 Å². The van der Waals surface area contributed by atoms with Crippen LogP contribution in [0.15, 0.2) is 0 Å². The highest BCUT2D eigenvalue weighted by Crippen LogP contribution is 2.05. The van der Waals surface area contributed by atoms with Gasteiger partial charge in [-0.15, -0.1) is 0 Å². The van der Waals surface area contributed by atoms with Crippen LogP contribution in [0.25, 0.3) is 0 Å². The highest BCUT2D eigenvalue weighted by Gasteiger charge is 2.14. The predicted octanol–water partition coefficient (Wildman–Crippen LogP) is 0.359. The molecule has 0 aromatic heterocycles. The molecule has 0 aliphatic carbocycles. The lowest BCUT2D eigenvalue weighted by molar-refractivity contribution is 0.0574. The van der Waals surface area contributed by atoms with E-state index in [2.05, 4.69) is 5.32 Å². The van der Waals surface area contributed by atoms with Crippen molar-refractivity contribution in [2.45, 2.75) is 20.0 Å². The van der Waals surface area contributed by atoms with Crippen LogP contribution in [-0.4, -0.2) is 31.0 Å². The number of nitrogens with one attached hydrogen (secondary N) is 1. The van der Waals surface area contributed by atoms with E-state index in [4.69, 9.17) is 9.84 Å². The molecule has 0 aliphatic heterocycles. The zero-order valence-corrected chi connectivity index (χ0v) is 7.13. The third-order valence-electron chi connectivity index (χ3n) is 1.59. The molecule has 0 radical (unpaired) electrons. The Morgan fingerprint density at radius 1 is 1.64 bits per heavy atom. The summed E-state index contributed by atoms with van der Waals surface area (Å²) in [5.41, 5.74) is 0.